The molecule has 3 heteroatoms. The van der Waals surface area contributed by atoms with Crippen molar-refractivity contribution in [3.63, 3.8) is 0 Å². The van der Waals surface area contributed by atoms with Crippen molar-refractivity contribution in [2.24, 2.45) is 0 Å². The molecule has 86 valence electrons. The van der Waals surface area contributed by atoms with Crippen LogP contribution in [0.4, 0.5) is 0 Å². The van der Waals surface area contributed by atoms with Gasteiger partial charge in [0.1, 0.15) is 5.01 Å². The average Bonchev–Trinajstić information content (AvgIpc) is 3.04. The Hall–Kier alpha value is -0.670. The van der Waals surface area contributed by atoms with Crippen LogP contribution < -0.4 is 0 Å². The molecule has 1 saturated heterocycles. The Bertz CT molecular complexity index is 378. The SMILES string of the molecule is CC(c1nccs1)N1CCC(=C2CC2)CC1. The Kier molecular flexibility index (Phi) is 2.82. The molecule has 1 aromatic rings. The molecule has 16 heavy (non-hydrogen) atoms. The van der Waals surface area contributed by atoms with Crippen molar-refractivity contribution < 1.29 is 0 Å². The first-order valence-electron chi connectivity index (χ1n) is 6.18. The van der Waals surface area contributed by atoms with E-state index in [2.05, 4.69) is 22.2 Å². The van der Waals surface area contributed by atoms with Crippen molar-refractivity contribution in [3.05, 3.63) is 27.7 Å². The normalized spacial score (nSPS) is 23.6. The Morgan fingerprint density at radius 3 is 2.44 bits per heavy atom. The molecule has 2 aliphatic rings. The highest BCUT2D eigenvalue weighted by Gasteiger charge is 2.25. The molecule has 1 aliphatic heterocycles. The van der Waals surface area contributed by atoms with Crippen molar-refractivity contribution >= 4 is 11.3 Å². The van der Waals surface area contributed by atoms with Crippen molar-refractivity contribution in [2.75, 3.05) is 13.1 Å². The second-order valence-corrected chi connectivity index (χ2v) is 5.72. The standard InChI is InChI=1S/C13H18N2S/c1-10(13-14-6-9-16-13)15-7-4-12(5-8-15)11-2-3-11/h6,9-10H,2-5,7-8H2,1H3. The number of likely N-dealkylation sites (tertiary alicyclic amines) is 1. The summed E-state index contributed by atoms with van der Waals surface area (Å²) in [6.45, 7) is 4.73. The molecular formula is C13H18N2S. The Balaban J connectivity index is 1.63. The predicted molar refractivity (Wildman–Crippen MR) is 67.6 cm³/mol. The molecule has 1 atom stereocenters. The van der Waals surface area contributed by atoms with Crippen LogP contribution in [0.5, 0.6) is 0 Å². The number of aromatic nitrogens is 1. The summed E-state index contributed by atoms with van der Waals surface area (Å²) < 4.78 is 0. The third kappa shape index (κ3) is 2.06. The predicted octanol–water partition coefficient (Wildman–Crippen LogP) is 3.39. The summed E-state index contributed by atoms with van der Waals surface area (Å²) in [5.74, 6) is 0. The molecular weight excluding hydrogens is 216 g/mol. The van der Waals surface area contributed by atoms with Crippen LogP contribution >= 0.6 is 11.3 Å². The van der Waals surface area contributed by atoms with E-state index in [0.29, 0.717) is 6.04 Å². The molecule has 2 nitrogen and oxygen atoms in total. The van der Waals surface area contributed by atoms with E-state index in [0.717, 1.165) is 0 Å². The molecule has 0 radical (unpaired) electrons. The maximum absolute atomic E-state index is 4.42. The lowest BCUT2D eigenvalue weighted by atomic mass is 10.0. The smallest absolute Gasteiger partial charge is 0.109 e. The van der Waals surface area contributed by atoms with Gasteiger partial charge in [-0.1, -0.05) is 11.1 Å². The van der Waals surface area contributed by atoms with Crippen LogP contribution in [0.2, 0.25) is 0 Å². The largest absolute Gasteiger partial charge is 0.294 e. The number of thiazole rings is 1. The summed E-state index contributed by atoms with van der Waals surface area (Å²) in [6, 6.07) is 0.505. The van der Waals surface area contributed by atoms with E-state index in [1.165, 1.54) is 43.8 Å². The summed E-state index contributed by atoms with van der Waals surface area (Å²) in [5.41, 5.74) is 3.53. The first kappa shape index (κ1) is 10.5. The number of nitrogens with zero attached hydrogens (tertiary/aromatic N) is 2. The molecule has 1 aliphatic carbocycles. The van der Waals surface area contributed by atoms with Gasteiger partial charge in [-0.05, 0) is 32.6 Å². The second kappa shape index (κ2) is 4.30. The van der Waals surface area contributed by atoms with E-state index >= 15 is 0 Å². The molecule has 0 bridgehead atoms. The Labute approximate surface area is 101 Å². The van der Waals surface area contributed by atoms with Crippen molar-refractivity contribution in [1.29, 1.82) is 0 Å². The van der Waals surface area contributed by atoms with Gasteiger partial charge in [0.05, 0.1) is 6.04 Å². The van der Waals surface area contributed by atoms with E-state index in [-0.39, 0.29) is 0 Å². The highest BCUT2D eigenvalue weighted by Crippen LogP contribution is 2.37. The maximum Gasteiger partial charge on any atom is 0.109 e. The minimum absolute atomic E-state index is 0.505. The number of hydrogen-bond acceptors (Lipinski definition) is 3. The number of rotatable bonds is 2. The zero-order chi connectivity index (χ0) is 11.0. The fraction of sp³-hybridized carbons (Fsp3) is 0.615. The minimum Gasteiger partial charge on any atom is -0.294 e. The van der Waals surface area contributed by atoms with Gasteiger partial charge in [0.25, 0.3) is 0 Å². The first-order chi connectivity index (χ1) is 7.84. The Morgan fingerprint density at radius 2 is 1.88 bits per heavy atom. The summed E-state index contributed by atoms with van der Waals surface area (Å²) in [5, 5.41) is 3.34. The minimum atomic E-state index is 0.505. The van der Waals surface area contributed by atoms with Crippen LogP contribution in [0.3, 0.4) is 0 Å². The fourth-order valence-electron chi connectivity index (χ4n) is 2.55. The van der Waals surface area contributed by atoms with Gasteiger partial charge in [0.2, 0.25) is 0 Å². The van der Waals surface area contributed by atoms with Crippen molar-refractivity contribution in [3.8, 4) is 0 Å². The number of piperidine rings is 1. The van der Waals surface area contributed by atoms with Crippen LogP contribution in [0.15, 0.2) is 22.7 Å². The van der Waals surface area contributed by atoms with Gasteiger partial charge in [-0.25, -0.2) is 4.98 Å². The van der Waals surface area contributed by atoms with Gasteiger partial charge in [-0.3, -0.25) is 4.90 Å². The van der Waals surface area contributed by atoms with Crippen LogP contribution in [0.1, 0.15) is 43.7 Å². The van der Waals surface area contributed by atoms with E-state index in [4.69, 9.17) is 0 Å². The summed E-state index contributed by atoms with van der Waals surface area (Å²) in [7, 11) is 0. The molecule has 1 saturated carbocycles. The molecule has 1 aromatic heterocycles. The molecule has 0 N–H and O–H groups in total. The van der Waals surface area contributed by atoms with Gasteiger partial charge in [0.15, 0.2) is 0 Å². The molecule has 0 spiro atoms. The van der Waals surface area contributed by atoms with Gasteiger partial charge >= 0.3 is 0 Å². The Morgan fingerprint density at radius 1 is 1.19 bits per heavy atom. The third-order valence-corrected chi connectivity index (χ3v) is 4.70. The lowest BCUT2D eigenvalue weighted by Gasteiger charge is -2.32. The second-order valence-electron chi connectivity index (χ2n) is 4.79. The van der Waals surface area contributed by atoms with Gasteiger partial charge in [-0.15, -0.1) is 11.3 Å². The van der Waals surface area contributed by atoms with Crippen LogP contribution in [-0.4, -0.2) is 23.0 Å². The monoisotopic (exact) mass is 234 g/mol. The zero-order valence-electron chi connectivity index (χ0n) is 9.78. The molecule has 1 unspecified atom stereocenters. The molecule has 3 rings (SSSR count). The van der Waals surface area contributed by atoms with E-state index in [9.17, 15) is 0 Å². The number of allylic oxidation sites excluding steroid dienone is 1. The maximum atomic E-state index is 4.42. The first-order valence-corrected chi connectivity index (χ1v) is 7.06. The van der Waals surface area contributed by atoms with E-state index in [1.807, 2.05) is 6.20 Å². The quantitative estimate of drug-likeness (QED) is 0.729. The topological polar surface area (TPSA) is 16.1 Å². The van der Waals surface area contributed by atoms with Crippen molar-refractivity contribution in [2.45, 2.75) is 38.6 Å². The third-order valence-electron chi connectivity index (χ3n) is 3.76. The van der Waals surface area contributed by atoms with Crippen LogP contribution in [0.25, 0.3) is 0 Å². The molecule has 2 heterocycles. The van der Waals surface area contributed by atoms with E-state index in [1.54, 1.807) is 22.5 Å². The van der Waals surface area contributed by atoms with Crippen LogP contribution in [0, 0.1) is 0 Å². The molecule has 2 fully saturated rings. The van der Waals surface area contributed by atoms with Crippen LogP contribution in [-0.2, 0) is 0 Å². The van der Waals surface area contributed by atoms with Crippen molar-refractivity contribution in [1.82, 2.24) is 9.88 Å². The lowest BCUT2D eigenvalue weighted by Crippen LogP contribution is -2.33. The van der Waals surface area contributed by atoms with Gasteiger partial charge in [0, 0.05) is 24.7 Å². The number of hydrogen-bond donors (Lipinski definition) is 0. The lowest BCUT2D eigenvalue weighted by molar-refractivity contribution is 0.196. The highest BCUT2D eigenvalue weighted by molar-refractivity contribution is 7.09. The zero-order valence-corrected chi connectivity index (χ0v) is 10.6. The molecule has 0 aromatic carbocycles. The van der Waals surface area contributed by atoms with E-state index < -0.39 is 0 Å². The van der Waals surface area contributed by atoms with Gasteiger partial charge < -0.3 is 0 Å². The summed E-state index contributed by atoms with van der Waals surface area (Å²) >= 11 is 1.78. The summed E-state index contributed by atoms with van der Waals surface area (Å²) in [6.07, 6.45) is 7.28. The average molecular weight is 234 g/mol. The highest BCUT2D eigenvalue weighted by atomic mass is 32.1. The fourth-order valence-corrected chi connectivity index (χ4v) is 3.28. The summed E-state index contributed by atoms with van der Waals surface area (Å²) in [4.78, 5) is 7.00. The van der Waals surface area contributed by atoms with Gasteiger partial charge in [-0.2, -0.15) is 0 Å². The molecule has 0 amide bonds.